The number of benzene rings is 1. The molecule has 0 aliphatic heterocycles. The lowest BCUT2D eigenvalue weighted by molar-refractivity contribution is 0.0996. The Balaban J connectivity index is 1.41. The van der Waals surface area contributed by atoms with E-state index in [0.29, 0.717) is 23.1 Å². The van der Waals surface area contributed by atoms with Gasteiger partial charge in [-0.1, -0.05) is 0 Å². The van der Waals surface area contributed by atoms with Crippen LogP contribution < -0.4 is 16.0 Å². The van der Waals surface area contributed by atoms with Crippen molar-refractivity contribution in [2.24, 2.45) is 0 Å². The molecule has 0 spiro atoms. The Bertz CT molecular complexity index is 1110. The van der Waals surface area contributed by atoms with Gasteiger partial charge in [0, 0.05) is 23.6 Å². The van der Waals surface area contributed by atoms with Crippen molar-refractivity contribution in [1.29, 1.82) is 0 Å². The normalized spacial score (nSPS) is 10.4. The molecule has 0 saturated heterocycles. The number of amides is 1. The number of pyridine rings is 1. The van der Waals surface area contributed by atoms with Crippen LogP contribution in [0.4, 0.5) is 28.8 Å². The highest BCUT2D eigenvalue weighted by Gasteiger charge is 2.08. The molecule has 3 N–H and O–H groups in total. The fourth-order valence-corrected chi connectivity index (χ4v) is 2.62. The number of aromatic nitrogens is 3. The van der Waals surface area contributed by atoms with Crippen LogP contribution in [0.25, 0.3) is 0 Å². The van der Waals surface area contributed by atoms with E-state index in [4.69, 9.17) is 4.42 Å². The van der Waals surface area contributed by atoms with Gasteiger partial charge in [-0.25, -0.2) is 15.0 Å². The number of rotatable bonds is 6. The van der Waals surface area contributed by atoms with Crippen LogP contribution >= 0.6 is 0 Å². The zero-order valence-corrected chi connectivity index (χ0v) is 15.6. The minimum absolute atomic E-state index is 0.260. The van der Waals surface area contributed by atoms with Gasteiger partial charge in [-0.3, -0.25) is 4.79 Å². The first-order valence-electron chi connectivity index (χ1n) is 8.89. The van der Waals surface area contributed by atoms with E-state index in [9.17, 15) is 4.79 Å². The predicted octanol–water partition coefficient (Wildman–Crippen LogP) is 4.51. The lowest BCUT2D eigenvalue weighted by Crippen LogP contribution is -2.10. The van der Waals surface area contributed by atoms with E-state index in [0.717, 1.165) is 11.3 Å². The largest absolute Gasteiger partial charge is 0.459 e. The first-order valence-corrected chi connectivity index (χ1v) is 8.89. The quantitative estimate of drug-likeness (QED) is 0.448. The second kappa shape index (κ2) is 8.22. The lowest BCUT2D eigenvalue weighted by Gasteiger charge is -2.09. The summed E-state index contributed by atoms with van der Waals surface area (Å²) in [5.74, 6) is 1.93. The summed E-state index contributed by atoms with van der Waals surface area (Å²) in [6, 6.07) is 16.2. The van der Waals surface area contributed by atoms with Crippen molar-refractivity contribution in [1.82, 2.24) is 15.0 Å². The number of hydrogen-bond donors (Lipinski definition) is 3. The molecular weight excluding hydrogens is 368 g/mol. The molecule has 0 atom stereocenters. The van der Waals surface area contributed by atoms with Crippen LogP contribution in [0.3, 0.4) is 0 Å². The maximum Gasteiger partial charge on any atom is 0.291 e. The van der Waals surface area contributed by atoms with Gasteiger partial charge in [0.2, 0.25) is 0 Å². The third-order valence-electron chi connectivity index (χ3n) is 4.00. The molecule has 4 rings (SSSR count). The number of aryl methyl sites for hydroxylation is 1. The smallest absolute Gasteiger partial charge is 0.291 e. The number of carbonyl (C=O) groups is 1. The Morgan fingerprint density at radius 3 is 2.31 bits per heavy atom. The van der Waals surface area contributed by atoms with Crippen molar-refractivity contribution in [3.8, 4) is 0 Å². The van der Waals surface area contributed by atoms with Gasteiger partial charge in [0.25, 0.3) is 5.91 Å². The van der Waals surface area contributed by atoms with Crippen molar-refractivity contribution in [2.45, 2.75) is 6.92 Å². The van der Waals surface area contributed by atoms with E-state index < -0.39 is 0 Å². The molecule has 4 aromatic rings. The van der Waals surface area contributed by atoms with Crippen molar-refractivity contribution in [3.05, 3.63) is 84.7 Å². The Morgan fingerprint density at radius 1 is 0.862 bits per heavy atom. The van der Waals surface area contributed by atoms with E-state index in [1.165, 1.54) is 12.6 Å². The van der Waals surface area contributed by atoms with Crippen LogP contribution in [0.5, 0.6) is 0 Å². The highest BCUT2D eigenvalue weighted by molar-refractivity contribution is 6.02. The Kier molecular flexibility index (Phi) is 5.15. The molecule has 0 aliphatic rings. The maximum absolute atomic E-state index is 12.0. The third-order valence-corrected chi connectivity index (χ3v) is 4.00. The summed E-state index contributed by atoms with van der Waals surface area (Å²) < 4.78 is 5.08. The molecule has 1 amide bonds. The first-order chi connectivity index (χ1) is 14.2. The molecule has 144 valence electrons. The fraction of sp³-hybridized carbons (Fsp3) is 0.0476. The average Bonchev–Trinajstić information content (AvgIpc) is 3.25. The maximum atomic E-state index is 12.0. The summed E-state index contributed by atoms with van der Waals surface area (Å²) in [6.45, 7) is 2.00. The van der Waals surface area contributed by atoms with Gasteiger partial charge in [-0.2, -0.15) is 0 Å². The van der Waals surface area contributed by atoms with E-state index in [1.54, 1.807) is 36.5 Å². The molecule has 29 heavy (non-hydrogen) atoms. The SMILES string of the molecule is Cc1ccnc(Nc2cc(Nc3ccc(NC(=O)c4ccco4)cc3)ncn2)c1. The van der Waals surface area contributed by atoms with E-state index in [-0.39, 0.29) is 11.7 Å². The number of furan rings is 1. The summed E-state index contributed by atoms with van der Waals surface area (Å²) in [5.41, 5.74) is 2.58. The van der Waals surface area contributed by atoms with E-state index in [2.05, 4.69) is 30.9 Å². The zero-order valence-electron chi connectivity index (χ0n) is 15.6. The molecule has 3 aromatic heterocycles. The number of nitrogens with one attached hydrogen (secondary N) is 3. The molecule has 0 unspecified atom stereocenters. The standard InChI is InChI=1S/C21H18N6O2/c1-14-8-9-22-18(11-14)27-20-12-19(23-13-24-20)25-15-4-6-16(7-5-15)26-21(28)17-3-2-10-29-17/h2-13H,1H3,(H,26,28)(H2,22,23,24,25,27). The van der Waals surface area contributed by atoms with Crippen LogP contribution in [0.15, 0.2) is 77.8 Å². The van der Waals surface area contributed by atoms with Gasteiger partial charge < -0.3 is 20.4 Å². The average molecular weight is 386 g/mol. The first kappa shape index (κ1) is 18.2. The van der Waals surface area contributed by atoms with Gasteiger partial charge in [-0.05, 0) is 61.0 Å². The van der Waals surface area contributed by atoms with Crippen LogP contribution in [-0.4, -0.2) is 20.9 Å². The number of nitrogens with zero attached hydrogens (tertiary/aromatic N) is 3. The number of carbonyl (C=O) groups excluding carboxylic acids is 1. The number of hydrogen-bond acceptors (Lipinski definition) is 7. The molecule has 1 aromatic carbocycles. The summed E-state index contributed by atoms with van der Waals surface area (Å²) in [7, 11) is 0. The number of anilines is 5. The fourth-order valence-electron chi connectivity index (χ4n) is 2.62. The molecule has 8 heteroatoms. The monoisotopic (exact) mass is 386 g/mol. The van der Waals surface area contributed by atoms with Gasteiger partial charge in [0.15, 0.2) is 5.76 Å². The van der Waals surface area contributed by atoms with Crippen LogP contribution in [0, 0.1) is 6.92 Å². The summed E-state index contributed by atoms with van der Waals surface area (Å²) in [6.07, 6.45) is 4.67. The van der Waals surface area contributed by atoms with E-state index >= 15 is 0 Å². The highest BCUT2D eigenvalue weighted by Crippen LogP contribution is 2.20. The van der Waals surface area contributed by atoms with Crippen molar-refractivity contribution in [3.63, 3.8) is 0 Å². The molecule has 0 fully saturated rings. The second-order valence-electron chi connectivity index (χ2n) is 6.27. The second-order valence-corrected chi connectivity index (χ2v) is 6.27. The molecule has 0 radical (unpaired) electrons. The molecular formula is C21H18N6O2. The minimum atomic E-state index is -0.299. The minimum Gasteiger partial charge on any atom is -0.459 e. The zero-order chi connectivity index (χ0) is 20.1. The molecule has 0 bridgehead atoms. The topological polar surface area (TPSA) is 105 Å². The lowest BCUT2D eigenvalue weighted by atomic mass is 10.2. The van der Waals surface area contributed by atoms with Gasteiger partial charge in [0.1, 0.15) is 23.8 Å². The Labute approximate surface area is 167 Å². The van der Waals surface area contributed by atoms with Gasteiger partial charge >= 0.3 is 0 Å². The molecule has 3 heterocycles. The van der Waals surface area contributed by atoms with Gasteiger partial charge in [-0.15, -0.1) is 0 Å². The molecule has 8 nitrogen and oxygen atoms in total. The van der Waals surface area contributed by atoms with Crippen LogP contribution in [0.2, 0.25) is 0 Å². The molecule has 0 saturated carbocycles. The van der Waals surface area contributed by atoms with Gasteiger partial charge in [0.05, 0.1) is 6.26 Å². The predicted molar refractivity (Wildman–Crippen MR) is 111 cm³/mol. The van der Waals surface area contributed by atoms with Crippen molar-refractivity contribution >= 4 is 34.7 Å². The molecule has 0 aliphatic carbocycles. The third kappa shape index (κ3) is 4.75. The summed E-state index contributed by atoms with van der Waals surface area (Å²) >= 11 is 0. The Morgan fingerprint density at radius 2 is 1.59 bits per heavy atom. The summed E-state index contributed by atoms with van der Waals surface area (Å²) in [4.78, 5) is 24.7. The van der Waals surface area contributed by atoms with Crippen LogP contribution in [0.1, 0.15) is 16.1 Å². The van der Waals surface area contributed by atoms with Crippen molar-refractivity contribution < 1.29 is 9.21 Å². The van der Waals surface area contributed by atoms with E-state index in [1.807, 2.05) is 31.2 Å². The van der Waals surface area contributed by atoms with Crippen LogP contribution in [-0.2, 0) is 0 Å². The van der Waals surface area contributed by atoms with Crippen molar-refractivity contribution in [2.75, 3.05) is 16.0 Å². The highest BCUT2D eigenvalue weighted by atomic mass is 16.3. The Hall–Kier alpha value is -4.20. The summed E-state index contributed by atoms with van der Waals surface area (Å²) in [5, 5.41) is 9.14.